The predicted octanol–water partition coefficient (Wildman–Crippen LogP) is -2.30. The van der Waals surface area contributed by atoms with Crippen LogP contribution in [0.15, 0.2) is 48.5 Å². The van der Waals surface area contributed by atoms with Crippen LogP contribution in [0, 0.1) is 0 Å². The average Bonchev–Trinajstić information content (AvgIpc) is 2.68. The van der Waals surface area contributed by atoms with Crippen LogP contribution in [-0.4, -0.2) is 94.2 Å². The number of benzene rings is 2. The van der Waals surface area contributed by atoms with Gasteiger partial charge in [0.15, 0.2) is 12.2 Å². The molecule has 4 N–H and O–H groups in total. The Morgan fingerprint density at radius 2 is 0.968 bits per heavy atom. The standard InChI is InChI=1S/2C10H10O5.Ca/c2*11-8(10(14)15)5-6-3-1-2-4-7(6)9(12)13;/h2*1-4,8,11H,5H2,(H,12,13)(H,14,15);/q;;+2/p-2. The van der Waals surface area contributed by atoms with Crippen molar-refractivity contribution in [3.8, 4) is 0 Å². The van der Waals surface area contributed by atoms with Gasteiger partial charge in [0.25, 0.3) is 0 Å². The third-order valence-electron chi connectivity index (χ3n) is 3.87. The van der Waals surface area contributed by atoms with E-state index in [9.17, 15) is 29.4 Å². The molecule has 2 aromatic carbocycles. The number of carboxylic acid groups (broad SMARTS) is 4. The monoisotopic (exact) mass is 458 g/mol. The molecule has 0 saturated carbocycles. The third kappa shape index (κ3) is 9.45. The summed E-state index contributed by atoms with van der Waals surface area (Å²) in [6.45, 7) is 0. The predicted molar refractivity (Wildman–Crippen MR) is 102 cm³/mol. The zero-order chi connectivity index (χ0) is 22.8. The van der Waals surface area contributed by atoms with E-state index in [1.807, 2.05) is 0 Å². The Balaban J connectivity index is 0.000000562. The first-order valence-electron chi connectivity index (χ1n) is 8.44. The fraction of sp³-hybridized carbons (Fsp3) is 0.200. The van der Waals surface area contributed by atoms with Gasteiger partial charge in [-0.25, -0.2) is 9.59 Å². The van der Waals surface area contributed by atoms with Crippen LogP contribution >= 0.6 is 0 Å². The molecule has 160 valence electrons. The number of hydrogen-bond acceptors (Lipinski definition) is 8. The van der Waals surface area contributed by atoms with Gasteiger partial charge in [0.1, 0.15) is 0 Å². The minimum atomic E-state index is -1.61. The Hall–Kier alpha value is -2.50. The van der Waals surface area contributed by atoms with E-state index in [-0.39, 0.29) is 72.8 Å². The van der Waals surface area contributed by atoms with Gasteiger partial charge in [-0.15, -0.1) is 0 Å². The molecule has 2 aromatic rings. The molecule has 0 amide bonds. The second-order valence-electron chi connectivity index (χ2n) is 6.01. The Bertz CT molecular complexity index is 852. The number of carboxylic acids is 4. The van der Waals surface area contributed by atoms with E-state index < -0.39 is 36.1 Å². The molecular formula is C20H18CaO10. The summed E-state index contributed by atoms with van der Waals surface area (Å²) in [4.78, 5) is 42.0. The minimum Gasteiger partial charge on any atom is -0.545 e. The van der Waals surface area contributed by atoms with Crippen LogP contribution in [0.2, 0.25) is 0 Å². The van der Waals surface area contributed by atoms with Crippen LogP contribution in [0.25, 0.3) is 0 Å². The summed E-state index contributed by atoms with van der Waals surface area (Å²) in [5, 5.41) is 56.3. The van der Waals surface area contributed by atoms with E-state index in [1.54, 1.807) is 12.1 Å². The Kier molecular flexibility index (Phi) is 12.6. The third-order valence-corrected chi connectivity index (χ3v) is 3.87. The van der Waals surface area contributed by atoms with Crippen LogP contribution in [0.5, 0.6) is 0 Å². The molecule has 11 heteroatoms. The molecule has 0 aliphatic rings. The van der Waals surface area contributed by atoms with E-state index in [4.69, 9.17) is 20.4 Å². The van der Waals surface area contributed by atoms with Gasteiger partial charge in [-0.1, -0.05) is 48.5 Å². The molecule has 0 bridgehead atoms. The molecule has 0 radical (unpaired) electrons. The van der Waals surface area contributed by atoms with E-state index >= 15 is 0 Å². The zero-order valence-electron chi connectivity index (χ0n) is 16.1. The number of aliphatic hydroxyl groups excluding tert-OH is 2. The number of hydrogen-bond donors (Lipinski definition) is 4. The van der Waals surface area contributed by atoms with Crippen molar-refractivity contribution in [3.05, 3.63) is 70.8 Å². The quantitative estimate of drug-likeness (QED) is 0.312. The first-order chi connectivity index (χ1) is 14.0. The van der Waals surface area contributed by atoms with Gasteiger partial charge in [0.05, 0.1) is 11.9 Å². The summed E-state index contributed by atoms with van der Waals surface area (Å²) in [6, 6.07) is 11.6. The van der Waals surface area contributed by atoms with E-state index in [1.165, 1.54) is 36.4 Å². The fourth-order valence-electron chi connectivity index (χ4n) is 2.39. The molecule has 0 fully saturated rings. The minimum absolute atomic E-state index is 0. The number of carbonyl (C=O) groups excluding carboxylic acids is 2. The maximum absolute atomic E-state index is 10.6. The van der Waals surface area contributed by atoms with Crippen LogP contribution in [-0.2, 0) is 22.4 Å². The van der Waals surface area contributed by atoms with Gasteiger partial charge in [-0.05, 0) is 11.1 Å². The molecule has 2 rings (SSSR count). The average molecular weight is 458 g/mol. The smallest absolute Gasteiger partial charge is 0.545 e. The van der Waals surface area contributed by atoms with Crippen molar-refractivity contribution < 1.29 is 49.8 Å². The van der Waals surface area contributed by atoms with Crippen molar-refractivity contribution >= 4 is 61.6 Å². The topological polar surface area (TPSA) is 195 Å². The summed E-state index contributed by atoms with van der Waals surface area (Å²) in [5.74, 6) is -5.54. The van der Waals surface area contributed by atoms with Crippen molar-refractivity contribution in [3.63, 3.8) is 0 Å². The van der Waals surface area contributed by atoms with E-state index in [0.29, 0.717) is 0 Å². The van der Waals surface area contributed by atoms with Crippen LogP contribution in [0.1, 0.15) is 31.8 Å². The second-order valence-corrected chi connectivity index (χ2v) is 6.01. The largest absolute Gasteiger partial charge is 2.00 e. The maximum atomic E-state index is 10.6. The molecule has 2 unspecified atom stereocenters. The molecule has 0 aliphatic heterocycles. The molecule has 0 aliphatic carbocycles. The number of aliphatic carboxylic acids is 2. The van der Waals surface area contributed by atoms with Gasteiger partial charge in [0.2, 0.25) is 0 Å². The molecule has 0 saturated heterocycles. The van der Waals surface area contributed by atoms with Crippen LogP contribution < -0.4 is 10.2 Å². The fourth-order valence-corrected chi connectivity index (χ4v) is 2.39. The summed E-state index contributed by atoms with van der Waals surface area (Å²) < 4.78 is 0. The Labute approximate surface area is 206 Å². The number of aliphatic hydroxyl groups is 2. The molecule has 10 nitrogen and oxygen atoms in total. The van der Waals surface area contributed by atoms with Crippen molar-refractivity contribution in [1.82, 2.24) is 0 Å². The maximum Gasteiger partial charge on any atom is 2.00 e. The normalized spacial score (nSPS) is 11.7. The van der Waals surface area contributed by atoms with E-state index in [0.717, 1.165) is 0 Å². The first-order valence-corrected chi connectivity index (χ1v) is 8.44. The summed E-state index contributed by atoms with van der Waals surface area (Å²) in [6.07, 6.45) is -3.71. The molecular weight excluding hydrogens is 440 g/mol. The molecule has 0 spiro atoms. The first kappa shape index (κ1) is 28.5. The Morgan fingerprint density at radius 1 is 0.677 bits per heavy atom. The molecule has 2 atom stereocenters. The van der Waals surface area contributed by atoms with Crippen LogP contribution in [0.4, 0.5) is 0 Å². The number of carbonyl (C=O) groups is 4. The summed E-state index contributed by atoms with van der Waals surface area (Å²) in [7, 11) is 0. The molecule has 0 aromatic heterocycles. The number of aromatic carboxylic acids is 2. The van der Waals surface area contributed by atoms with Crippen molar-refractivity contribution in [2.24, 2.45) is 0 Å². The SMILES string of the molecule is O=C([O-])c1ccccc1CC(O)C(=O)O.O=C([O-])c1ccccc1CC(O)C(=O)O.[Ca+2]. The van der Waals surface area contributed by atoms with Crippen molar-refractivity contribution in [1.29, 1.82) is 0 Å². The van der Waals surface area contributed by atoms with Gasteiger partial charge >= 0.3 is 49.7 Å². The number of rotatable bonds is 8. The summed E-state index contributed by atoms with van der Waals surface area (Å²) in [5.41, 5.74) is 0.287. The van der Waals surface area contributed by atoms with Crippen molar-refractivity contribution in [2.45, 2.75) is 25.0 Å². The van der Waals surface area contributed by atoms with Gasteiger partial charge in [0, 0.05) is 24.0 Å². The molecule has 31 heavy (non-hydrogen) atoms. The van der Waals surface area contributed by atoms with Crippen LogP contribution in [0.3, 0.4) is 0 Å². The Morgan fingerprint density at radius 3 is 1.23 bits per heavy atom. The molecule has 0 heterocycles. The second kappa shape index (κ2) is 13.7. The van der Waals surface area contributed by atoms with E-state index in [2.05, 4.69) is 0 Å². The van der Waals surface area contributed by atoms with Gasteiger partial charge < -0.3 is 40.2 Å². The zero-order valence-corrected chi connectivity index (χ0v) is 18.3. The van der Waals surface area contributed by atoms with Gasteiger partial charge in [-0.3, -0.25) is 0 Å². The summed E-state index contributed by atoms with van der Waals surface area (Å²) >= 11 is 0. The van der Waals surface area contributed by atoms with Crippen molar-refractivity contribution in [2.75, 3.05) is 0 Å². The van der Waals surface area contributed by atoms with Gasteiger partial charge in [-0.2, -0.15) is 0 Å².